The van der Waals surface area contributed by atoms with Gasteiger partial charge in [-0.15, -0.1) is 0 Å². The zero-order valence-electron chi connectivity index (χ0n) is 13.2. The highest BCUT2D eigenvalue weighted by Gasteiger charge is 2.38. The first-order valence-electron chi connectivity index (χ1n) is 6.93. The Morgan fingerprint density at radius 3 is 2.28 bits per heavy atom. The molecule has 0 aliphatic carbocycles. The van der Waals surface area contributed by atoms with Crippen molar-refractivity contribution in [3.63, 3.8) is 0 Å². The Labute approximate surface area is 142 Å². The summed E-state index contributed by atoms with van der Waals surface area (Å²) in [5, 5.41) is 2.86. The first-order valence-corrected chi connectivity index (χ1v) is 8.34. The predicted molar refractivity (Wildman–Crippen MR) is 85.0 cm³/mol. The molecule has 0 amide bonds. The fourth-order valence-corrected chi connectivity index (χ4v) is 2.60. The molecule has 9 heteroatoms. The van der Waals surface area contributed by atoms with Gasteiger partial charge in [0.15, 0.2) is 5.71 Å². The van der Waals surface area contributed by atoms with E-state index in [1.807, 2.05) is 0 Å². The van der Waals surface area contributed by atoms with E-state index < -0.39 is 22.0 Å². The monoisotopic (exact) mass is 373 g/mol. The third-order valence-electron chi connectivity index (χ3n) is 3.15. The van der Waals surface area contributed by atoms with E-state index >= 15 is 0 Å². The lowest BCUT2D eigenvalue weighted by atomic mass is 10.1. The molecule has 2 aromatic rings. The van der Waals surface area contributed by atoms with E-state index in [0.29, 0.717) is 0 Å². The average molecular weight is 373 g/mol. The summed E-state index contributed by atoms with van der Waals surface area (Å²) < 4.78 is 72.8. The minimum Gasteiger partial charge on any atom is -0.497 e. The molecule has 134 valence electrons. The molecule has 0 unspecified atom stereocenters. The van der Waals surface area contributed by atoms with Gasteiger partial charge in [0.2, 0.25) is 0 Å². The minimum atomic E-state index is -4.92. The number of alkyl halides is 3. The van der Waals surface area contributed by atoms with Gasteiger partial charge >= 0.3 is 16.3 Å². The van der Waals surface area contributed by atoms with Crippen LogP contribution in [0.25, 0.3) is 0 Å². The number of rotatable bonds is 5. The second-order valence-electron chi connectivity index (χ2n) is 5.01. The van der Waals surface area contributed by atoms with Gasteiger partial charge in [-0.25, -0.2) is 0 Å². The molecule has 0 aliphatic heterocycles. The minimum absolute atomic E-state index is 0.163. The van der Waals surface area contributed by atoms with Crippen LogP contribution in [-0.4, -0.2) is 27.4 Å². The van der Waals surface area contributed by atoms with E-state index in [2.05, 4.69) is 9.44 Å². The summed E-state index contributed by atoms with van der Waals surface area (Å²) >= 11 is 0. The zero-order chi connectivity index (χ0) is 18.7. The number of nitrogens with zero attached hydrogens (tertiary/aromatic N) is 1. The highest BCUT2D eigenvalue weighted by atomic mass is 32.2. The van der Waals surface area contributed by atoms with E-state index in [0.717, 1.165) is 17.7 Å². The fraction of sp³-hybridized carbons (Fsp3) is 0.188. The van der Waals surface area contributed by atoms with Crippen LogP contribution in [0.1, 0.15) is 11.1 Å². The summed E-state index contributed by atoms with van der Waals surface area (Å²) in [4.78, 5) is -0.297. The lowest BCUT2D eigenvalue weighted by molar-refractivity contribution is -0.0597. The van der Waals surface area contributed by atoms with Crippen LogP contribution in [0.4, 0.5) is 13.2 Å². The third-order valence-corrected chi connectivity index (χ3v) is 4.27. The number of hydrogen-bond donors (Lipinski definition) is 0. The first-order chi connectivity index (χ1) is 11.6. The number of aryl methyl sites for hydroxylation is 1. The molecule has 2 aromatic carbocycles. The Bertz CT molecular complexity index is 875. The van der Waals surface area contributed by atoms with Crippen LogP contribution in [0.5, 0.6) is 5.75 Å². The molecule has 0 saturated carbocycles. The van der Waals surface area contributed by atoms with Crippen LogP contribution in [0.3, 0.4) is 0 Å². The summed E-state index contributed by atoms with van der Waals surface area (Å²) in [6.45, 7) is 1.74. The van der Waals surface area contributed by atoms with Gasteiger partial charge in [0.05, 0.1) is 7.11 Å². The van der Waals surface area contributed by atoms with Gasteiger partial charge in [-0.3, -0.25) is 4.28 Å². The van der Waals surface area contributed by atoms with Crippen molar-refractivity contribution in [3.05, 3.63) is 59.7 Å². The maximum atomic E-state index is 13.2. The van der Waals surface area contributed by atoms with Crippen molar-refractivity contribution in [1.82, 2.24) is 0 Å². The summed E-state index contributed by atoms with van der Waals surface area (Å²) in [6.07, 6.45) is -4.92. The molecular weight excluding hydrogens is 359 g/mol. The summed E-state index contributed by atoms with van der Waals surface area (Å²) in [5.41, 5.74) is -1.08. The van der Waals surface area contributed by atoms with Crippen molar-refractivity contribution in [2.24, 2.45) is 5.16 Å². The van der Waals surface area contributed by atoms with Crippen LogP contribution >= 0.6 is 0 Å². The molecule has 0 heterocycles. The highest BCUT2D eigenvalue weighted by molar-refractivity contribution is 7.86. The number of halogens is 3. The van der Waals surface area contributed by atoms with Gasteiger partial charge in [-0.05, 0) is 31.2 Å². The van der Waals surface area contributed by atoms with E-state index in [-0.39, 0.29) is 16.2 Å². The van der Waals surface area contributed by atoms with Crippen molar-refractivity contribution in [3.8, 4) is 5.75 Å². The van der Waals surface area contributed by atoms with Crippen LogP contribution in [-0.2, 0) is 14.4 Å². The Balaban J connectivity index is 2.40. The van der Waals surface area contributed by atoms with Crippen molar-refractivity contribution < 1.29 is 30.6 Å². The lowest BCUT2D eigenvalue weighted by Gasteiger charge is -2.11. The molecule has 0 aromatic heterocycles. The molecule has 0 aliphatic rings. The second-order valence-corrected chi connectivity index (χ2v) is 6.54. The topological polar surface area (TPSA) is 65.0 Å². The molecular formula is C16H14F3NO4S. The van der Waals surface area contributed by atoms with Gasteiger partial charge in [-0.1, -0.05) is 35.0 Å². The summed E-state index contributed by atoms with van der Waals surface area (Å²) in [6, 6.07) is 10.4. The molecule has 0 atom stereocenters. The number of ether oxygens (including phenoxy) is 1. The Hall–Kier alpha value is -2.55. The van der Waals surface area contributed by atoms with Crippen LogP contribution in [0.2, 0.25) is 0 Å². The highest BCUT2D eigenvalue weighted by Crippen LogP contribution is 2.26. The summed E-state index contributed by atoms with van der Waals surface area (Å²) in [7, 11) is -3.18. The Kier molecular flexibility index (Phi) is 5.36. The van der Waals surface area contributed by atoms with Gasteiger partial charge in [0.1, 0.15) is 10.6 Å². The molecule has 0 saturated heterocycles. The average Bonchev–Trinajstić information content (AvgIpc) is 2.54. The van der Waals surface area contributed by atoms with E-state index in [9.17, 15) is 21.6 Å². The van der Waals surface area contributed by atoms with Gasteiger partial charge in [0, 0.05) is 5.56 Å². The SMILES string of the molecule is COc1cccc(/C(=N\OS(=O)(=O)c2ccc(C)cc2)C(F)(F)F)c1. The van der Waals surface area contributed by atoms with Gasteiger partial charge < -0.3 is 4.74 Å². The van der Waals surface area contributed by atoms with E-state index in [4.69, 9.17) is 4.74 Å². The quantitative estimate of drug-likeness (QED) is 0.592. The second kappa shape index (κ2) is 7.14. The van der Waals surface area contributed by atoms with E-state index in [1.54, 1.807) is 6.92 Å². The molecule has 5 nitrogen and oxygen atoms in total. The summed E-state index contributed by atoms with van der Waals surface area (Å²) in [5.74, 6) is 0.163. The molecule has 25 heavy (non-hydrogen) atoms. The molecule has 0 bridgehead atoms. The predicted octanol–water partition coefficient (Wildman–Crippen LogP) is 3.68. The maximum Gasteiger partial charge on any atom is 0.437 e. The van der Waals surface area contributed by atoms with Gasteiger partial charge in [-0.2, -0.15) is 21.6 Å². The van der Waals surface area contributed by atoms with Crippen LogP contribution < -0.4 is 4.74 Å². The van der Waals surface area contributed by atoms with Crippen molar-refractivity contribution in [2.45, 2.75) is 18.0 Å². The largest absolute Gasteiger partial charge is 0.497 e. The van der Waals surface area contributed by atoms with Crippen LogP contribution in [0, 0.1) is 6.92 Å². The fourth-order valence-electron chi connectivity index (χ4n) is 1.87. The van der Waals surface area contributed by atoms with Crippen molar-refractivity contribution in [2.75, 3.05) is 7.11 Å². The molecule has 0 fully saturated rings. The maximum absolute atomic E-state index is 13.2. The molecule has 0 radical (unpaired) electrons. The van der Waals surface area contributed by atoms with Gasteiger partial charge in [0.25, 0.3) is 0 Å². The van der Waals surface area contributed by atoms with Crippen molar-refractivity contribution >= 4 is 15.8 Å². The molecule has 2 rings (SSSR count). The Morgan fingerprint density at radius 1 is 1.08 bits per heavy atom. The smallest absolute Gasteiger partial charge is 0.437 e. The number of benzene rings is 2. The molecule has 0 spiro atoms. The third kappa shape index (κ3) is 4.72. The number of methoxy groups -OCH3 is 1. The molecule has 0 N–H and O–H groups in total. The Morgan fingerprint density at radius 2 is 1.72 bits per heavy atom. The first kappa shape index (κ1) is 18.8. The van der Waals surface area contributed by atoms with Crippen molar-refractivity contribution in [1.29, 1.82) is 0 Å². The normalized spacial score (nSPS) is 12.8. The number of hydrogen-bond acceptors (Lipinski definition) is 5. The standard InChI is InChI=1S/C16H14F3NO4S/c1-11-6-8-14(9-7-11)25(21,22)24-20-15(16(17,18)19)12-4-3-5-13(10-12)23-2/h3-10H,1-2H3/b20-15+. The lowest BCUT2D eigenvalue weighted by Crippen LogP contribution is -2.25. The number of oxime groups is 1. The van der Waals surface area contributed by atoms with Crippen LogP contribution in [0.15, 0.2) is 58.6 Å². The van der Waals surface area contributed by atoms with E-state index in [1.165, 1.54) is 43.5 Å². The zero-order valence-corrected chi connectivity index (χ0v) is 14.1.